The molecule has 20 heavy (non-hydrogen) atoms. The van der Waals surface area contributed by atoms with Crippen molar-refractivity contribution >= 4 is 11.6 Å². The zero-order valence-electron chi connectivity index (χ0n) is 11.8. The summed E-state index contributed by atoms with van der Waals surface area (Å²) in [5, 5.41) is 2.90. The number of benzene rings is 1. The first-order valence-corrected chi connectivity index (χ1v) is 6.67. The largest absolute Gasteiger partial charge is 0.381 e. The second kappa shape index (κ2) is 6.86. The lowest BCUT2D eigenvalue weighted by Gasteiger charge is -2.10. The molecule has 1 N–H and O–H groups in total. The Hall–Kier alpha value is -2.14. The van der Waals surface area contributed by atoms with E-state index in [2.05, 4.69) is 10.3 Å². The molecule has 5 nitrogen and oxygen atoms in total. The average Bonchev–Trinajstić information content (AvgIpc) is 2.95. The molecule has 0 unspecified atom stereocenters. The zero-order chi connectivity index (χ0) is 14.4. The summed E-state index contributed by atoms with van der Waals surface area (Å²) in [6.45, 7) is 4.97. The number of amides is 1. The summed E-state index contributed by atoms with van der Waals surface area (Å²) >= 11 is 0. The van der Waals surface area contributed by atoms with Gasteiger partial charge in [0.15, 0.2) is 0 Å². The van der Waals surface area contributed by atoms with Crippen molar-refractivity contribution in [2.24, 2.45) is 0 Å². The molecule has 0 radical (unpaired) electrons. The maximum atomic E-state index is 11.7. The lowest BCUT2D eigenvalue weighted by molar-refractivity contribution is -0.117. The number of hydrogen-bond donors (Lipinski definition) is 1. The fraction of sp³-hybridized carbons (Fsp3) is 0.333. The molecule has 0 aliphatic heterocycles. The lowest BCUT2D eigenvalue weighted by Crippen LogP contribution is -2.15. The number of nitrogens with one attached hydrogen (secondary N) is 1. The molecule has 0 fully saturated rings. The Morgan fingerprint density at radius 1 is 1.45 bits per heavy atom. The minimum atomic E-state index is -0.0306. The monoisotopic (exact) mass is 273 g/mol. The molecule has 0 aliphatic rings. The lowest BCUT2D eigenvalue weighted by atomic mass is 10.1. The number of anilines is 1. The number of ether oxygens (including phenoxy) is 1. The van der Waals surface area contributed by atoms with Crippen LogP contribution in [0.1, 0.15) is 18.9 Å². The molecule has 1 aromatic heterocycles. The predicted molar refractivity (Wildman–Crippen MR) is 78.0 cm³/mol. The first-order chi connectivity index (χ1) is 9.70. The minimum Gasteiger partial charge on any atom is -0.381 e. The van der Waals surface area contributed by atoms with Crippen molar-refractivity contribution in [3.05, 3.63) is 42.5 Å². The van der Waals surface area contributed by atoms with E-state index in [0.29, 0.717) is 19.6 Å². The number of aryl methyl sites for hydroxylation is 1. The number of hydrogen-bond acceptors (Lipinski definition) is 3. The van der Waals surface area contributed by atoms with Gasteiger partial charge in [-0.15, -0.1) is 0 Å². The van der Waals surface area contributed by atoms with Crippen LogP contribution in [0.5, 0.6) is 0 Å². The molecule has 0 bridgehead atoms. The number of imidazole rings is 1. The first-order valence-electron chi connectivity index (χ1n) is 6.67. The van der Waals surface area contributed by atoms with Crippen LogP contribution in [0.3, 0.4) is 0 Å². The van der Waals surface area contributed by atoms with Gasteiger partial charge in [-0.3, -0.25) is 4.79 Å². The first kappa shape index (κ1) is 14.3. The third kappa shape index (κ3) is 3.68. The Kier molecular flexibility index (Phi) is 4.90. The van der Waals surface area contributed by atoms with Crippen molar-refractivity contribution in [3.8, 4) is 5.69 Å². The van der Waals surface area contributed by atoms with Crippen molar-refractivity contribution in [3.63, 3.8) is 0 Å². The second-order valence-corrected chi connectivity index (χ2v) is 4.46. The number of carbonyl (C=O) groups is 1. The van der Waals surface area contributed by atoms with Crippen molar-refractivity contribution in [2.75, 3.05) is 18.5 Å². The van der Waals surface area contributed by atoms with Crippen molar-refractivity contribution in [1.29, 1.82) is 0 Å². The van der Waals surface area contributed by atoms with Gasteiger partial charge in [0.1, 0.15) is 0 Å². The van der Waals surface area contributed by atoms with E-state index in [1.165, 1.54) is 0 Å². The van der Waals surface area contributed by atoms with Crippen LogP contribution < -0.4 is 5.32 Å². The Balaban J connectivity index is 2.01. The van der Waals surface area contributed by atoms with Gasteiger partial charge in [0, 0.05) is 30.4 Å². The molecular weight excluding hydrogens is 254 g/mol. The molecule has 2 aromatic rings. The summed E-state index contributed by atoms with van der Waals surface area (Å²) in [5.41, 5.74) is 2.86. The smallest absolute Gasteiger partial charge is 0.226 e. The van der Waals surface area contributed by atoms with Crippen LogP contribution in [0.4, 0.5) is 5.69 Å². The van der Waals surface area contributed by atoms with Gasteiger partial charge in [0.2, 0.25) is 5.91 Å². The normalized spacial score (nSPS) is 10.5. The molecule has 1 amide bonds. The van der Waals surface area contributed by atoms with Crippen LogP contribution in [0.2, 0.25) is 0 Å². The third-order valence-electron chi connectivity index (χ3n) is 2.96. The molecular formula is C15H19N3O2. The number of aromatic nitrogens is 2. The van der Waals surface area contributed by atoms with Crippen LogP contribution >= 0.6 is 0 Å². The highest BCUT2D eigenvalue weighted by Gasteiger charge is 2.06. The SMILES string of the molecule is CCOCCC(=O)Nc1ccc(-n2ccnc2)cc1C. The van der Waals surface area contributed by atoms with Gasteiger partial charge in [-0.1, -0.05) is 0 Å². The average molecular weight is 273 g/mol. The Bertz CT molecular complexity index is 565. The van der Waals surface area contributed by atoms with Gasteiger partial charge in [-0.05, 0) is 37.6 Å². The molecule has 106 valence electrons. The highest BCUT2D eigenvalue weighted by atomic mass is 16.5. The molecule has 1 aromatic carbocycles. The maximum absolute atomic E-state index is 11.7. The summed E-state index contributed by atoms with van der Waals surface area (Å²) in [5.74, 6) is -0.0306. The van der Waals surface area contributed by atoms with Gasteiger partial charge in [0.25, 0.3) is 0 Å². The number of carbonyl (C=O) groups excluding carboxylic acids is 1. The fourth-order valence-electron chi connectivity index (χ4n) is 1.88. The van der Waals surface area contributed by atoms with Crippen LogP contribution in [-0.4, -0.2) is 28.7 Å². The molecule has 1 heterocycles. The molecule has 0 saturated heterocycles. The van der Waals surface area contributed by atoms with E-state index in [4.69, 9.17) is 4.74 Å². The van der Waals surface area contributed by atoms with Crippen LogP contribution in [0, 0.1) is 6.92 Å². The van der Waals surface area contributed by atoms with E-state index in [0.717, 1.165) is 16.9 Å². The van der Waals surface area contributed by atoms with Gasteiger partial charge < -0.3 is 14.6 Å². The van der Waals surface area contributed by atoms with Crippen molar-refractivity contribution < 1.29 is 9.53 Å². The Morgan fingerprint density at radius 2 is 2.30 bits per heavy atom. The number of nitrogens with zero attached hydrogens (tertiary/aromatic N) is 2. The maximum Gasteiger partial charge on any atom is 0.226 e. The predicted octanol–water partition coefficient (Wildman–Crippen LogP) is 2.55. The fourth-order valence-corrected chi connectivity index (χ4v) is 1.88. The minimum absolute atomic E-state index is 0.0306. The summed E-state index contributed by atoms with van der Waals surface area (Å²) in [6.07, 6.45) is 5.74. The zero-order valence-corrected chi connectivity index (χ0v) is 11.8. The second-order valence-electron chi connectivity index (χ2n) is 4.46. The molecule has 2 rings (SSSR count). The molecule has 0 aliphatic carbocycles. The molecule has 0 atom stereocenters. The summed E-state index contributed by atoms with van der Waals surface area (Å²) in [4.78, 5) is 15.8. The van der Waals surface area contributed by atoms with E-state index in [1.807, 2.05) is 42.8 Å². The summed E-state index contributed by atoms with van der Waals surface area (Å²) in [7, 11) is 0. The van der Waals surface area contributed by atoms with E-state index in [-0.39, 0.29) is 5.91 Å². The Labute approximate surface area is 118 Å². The van der Waals surface area contributed by atoms with Crippen molar-refractivity contribution in [2.45, 2.75) is 20.3 Å². The molecule has 5 heteroatoms. The van der Waals surface area contributed by atoms with Gasteiger partial charge in [0.05, 0.1) is 19.4 Å². The van der Waals surface area contributed by atoms with Gasteiger partial charge in [-0.2, -0.15) is 0 Å². The van der Waals surface area contributed by atoms with E-state index in [1.54, 1.807) is 12.5 Å². The van der Waals surface area contributed by atoms with Crippen LogP contribution in [0.25, 0.3) is 5.69 Å². The Morgan fingerprint density at radius 3 is 2.95 bits per heavy atom. The van der Waals surface area contributed by atoms with E-state index >= 15 is 0 Å². The third-order valence-corrected chi connectivity index (χ3v) is 2.96. The number of rotatable bonds is 6. The van der Waals surface area contributed by atoms with E-state index < -0.39 is 0 Å². The highest BCUT2D eigenvalue weighted by Crippen LogP contribution is 2.19. The molecule has 0 spiro atoms. The van der Waals surface area contributed by atoms with Gasteiger partial charge in [-0.25, -0.2) is 4.98 Å². The quantitative estimate of drug-likeness (QED) is 0.823. The van der Waals surface area contributed by atoms with Crippen molar-refractivity contribution in [1.82, 2.24) is 9.55 Å². The summed E-state index contributed by atoms with van der Waals surface area (Å²) < 4.78 is 7.09. The van der Waals surface area contributed by atoms with E-state index in [9.17, 15) is 4.79 Å². The standard InChI is InChI=1S/C15H19N3O2/c1-3-20-9-6-15(19)17-14-5-4-13(10-12(14)2)18-8-7-16-11-18/h4-5,7-8,10-11H,3,6,9H2,1-2H3,(H,17,19). The topological polar surface area (TPSA) is 56.1 Å². The summed E-state index contributed by atoms with van der Waals surface area (Å²) in [6, 6.07) is 5.87. The van der Waals surface area contributed by atoms with Crippen LogP contribution in [-0.2, 0) is 9.53 Å². The van der Waals surface area contributed by atoms with Crippen LogP contribution in [0.15, 0.2) is 36.9 Å². The highest BCUT2D eigenvalue weighted by molar-refractivity contribution is 5.91. The molecule has 0 saturated carbocycles. The van der Waals surface area contributed by atoms with Gasteiger partial charge >= 0.3 is 0 Å².